The van der Waals surface area contributed by atoms with E-state index in [1.807, 2.05) is 6.92 Å². The van der Waals surface area contributed by atoms with Crippen molar-refractivity contribution in [3.63, 3.8) is 0 Å². The third-order valence-corrected chi connectivity index (χ3v) is 2.37. The van der Waals surface area contributed by atoms with Crippen LogP contribution in [0, 0.1) is 11.3 Å². The van der Waals surface area contributed by atoms with E-state index in [9.17, 15) is 14.4 Å². The van der Waals surface area contributed by atoms with Crippen molar-refractivity contribution in [1.82, 2.24) is 10.6 Å². The third kappa shape index (κ3) is 5.65. The molecule has 0 aliphatic rings. The zero-order valence-electron chi connectivity index (χ0n) is 11.4. The quantitative estimate of drug-likeness (QED) is 0.600. The van der Waals surface area contributed by atoms with Crippen molar-refractivity contribution in [1.29, 1.82) is 0 Å². The van der Waals surface area contributed by atoms with Gasteiger partial charge in [0, 0.05) is 6.54 Å². The minimum atomic E-state index is -1.19. The number of hydrogen-bond donors (Lipinski definition) is 3. The minimum Gasteiger partial charge on any atom is -0.481 e. The molecule has 0 saturated heterocycles. The van der Waals surface area contributed by atoms with Gasteiger partial charge in [0.25, 0.3) is 0 Å². The van der Waals surface area contributed by atoms with Crippen molar-refractivity contribution in [3.05, 3.63) is 0 Å². The largest absolute Gasteiger partial charge is 0.481 e. The molecule has 0 aromatic carbocycles. The number of carboxylic acids is 1. The molecule has 0 aromatic rings. The molecule has 0 rings (SSSR count). The van der Waals surface area contributed by atoms with E-state index in [0.717, 1.165) is 6.42 Å². The predicted octanol–water partition coefficient (Wildman–Crippen LogP) is 0.376. The molecule has 0 bridgehead atoms. The van der Waals surface area contributed by atoms with Crippen molar-refractivity contribution in [3.8, 4) is 0 Å². The molecule has 0 aromatic heterocycles. The second kappa shape index (κ2) is 6.98. The van der Waals surface area contributed by atoms with Gasteiger partial charge in [-0.15, -0.1) is 0 Å². The Morgan fingerprint density at radius 3 is 2.11 bits per heavy atom. The summed E-state index contributed by atoms with van der Waals surface area (Å²) >= 11 is 0. The minimum absolute atomic E-state index is 0.196. The van der Waals surface area contributed by atoms with E-state index in [1.54, 1.807) is 20.8 Å². The average molecular weight is 258 g/mol. The standard InChI is InChI=1S/C12H22N2O4/c1-5-6-13-8(15)7-14-10(16)9(11(17)18)12(2,3)4/h9H,5-7H2,1-4H3,(H,13,15)(H,14,16)(H,17,18). The molecule has 6 heteroatoms. The van der Waals surface area contributed by atoms with Gasteiger partial charge in [0.15, 0.2) is 0 Å². The summed E-state index contributed by atoms with van der Waals surface area (Å²) in [4.78, 5) is 34.1. The second-order valence-corrected chi connectivity index (χ2v) is 5.21. The SMILES string of the molecule is CCCNC(=O)CNC(=O)C(C(=O)O)C(C)(C)C. The summed E-state index contributed by atoms with van der Waals surface area (Å²) in [6, 6.07) is 0. The fourth-order valence-electron chi connectivity index (χ4n) is 1.47. The molecule has 0 aliphatic heterocycles. The fraction of sp³-hybridized carbons (Fsp3) is 0.750. The Labute approximate surface area is 107 Å². The van der Waals surface area contributed by atoms with Gasteiger partial charge in [-0.2, -0.15) is 0 Å². The monoisotopic (exact) mass is 258 g/mol. The maximum absolute atomic E-state index is 11.7. The van der Waals surface area contributed by atoms with Gasteiger partial charge >= 0.3 is 5.97 Å². The van der Waals surface area contributed by atoms with Crippen LogP contribution in [0.4, 0.5) is 0 Å². The lowest BCUT2D eigenvalue weighted by molar-refractivity contribution is -0.152. The van der Waals surface area contributed by atoms with Crippen LogP contribution in [0.15, 0.2) is 0 Å². The number of hydrogen-bond acceptors (Lipinski definition) is 3. The van der Waals surface area contributed by atoms with Gasteiger partial charge in [-0.25, -0.2) is 0 Å². The van der Waals surface area contributed by atoms with Gasteiger partial charge in [0.2, 0.25) is 11.8 Å². The number of carboxylic acid groups (broad SMARTS) is 1. The van der Waals surface area contributed by atoms with Crippen LogP contribution in [0.5, 0.6) is 0 Å². The van der Waals surface area contributed by atoms with E-state index >= 15 is 0 Å². The van der Waals surface area contributed by atoms with Gasteiger partial charge in [0.05, 0.1) is 6.54 Å². The Balaban J connectivity index is 4.38. The number of carbonyl (C=O) groups excluding carboxylic acids is 2. The molecule has 0 spiro atoms. The molecule has 6 nitrogen and oxygen atoms in total. The molecule has 1 unspecified atom stereocenters. The van der Waals surface area contributed by atoms with Crippen molar-refractivity contribution < 1.29 is 19.5 Å². The van der Waals surface area contributed by atoms with Crippen LogP contribution in [-0.4, -0.2) is 36.0 Å². The first kappa shape index (κ1) is 16.4. The summed E-state index contributed by atoms with van der Waals surface area (Å²) in [7, 11) is 0. The maximum Gasteiger partial charge on any atom is 0.316 e. The van der Waals surface area contributed by atoms with Crippen LogP contribution < -0.4 is 10.6 Å². The van der Waals surface area contributed by atoms with E-state index in [2.05, 4.69) is 10.6 Å². The highest BCUT2D eigenvalue weighted by molar-refractivity contribution is 5.99. The average Bonchev–Trinajstić information content (AvgIpc) is 2.20. The number of carbonyl (C=O) groups is 3. The molecule has 0 heterocycles. The lowest BCUT2D eigenvalue weighted by atomic mass is 9.80. The second-order valence-electron chi connectivity index (χ2n) is 5.21. The van der Waals surface area contributed by atoms with E-state index in [4.69, 9.17) is 5.11 Å². The van der Waals surface area contributed by atoms with E-state index in [1.165, 1.54) is 0 Å². The lowest BCUT2D eigenvalue weighted by Gasteiger charge is -2.25. The number of aliphatic carboxylic acids is 1. The zero-order chi connectivity index (χ0) is 14.3. The molecule has 0 fully saturated rings. The first-order valence-corrected chi connectivity index (χ1v) is 5.97. The summed E-state index contributed by atoms with van der Waals surface area (Å²) in [5.74, 6) is -3.31. The fourth-order valence-corrected chi connectivity index (χ4v) is 1.47. The van der Waals surface area contributed by atoms with Crippen LogP contribution in [0.1, 0.15) is 34.1 Å². The van der Waals surface area contributed by atoms with Gasteiger partial charge < -0.3 is 15.7 Å². The Morgan fingerprint density at radius 2 is 1.72 bits per heavy atom. The Bertz CT molecular complexity index is 321. The van der Waals surface area contributed by atoms with Crippen molar-refractivity contribution in [2.45, 2.75) is 34.1 Å². The molecule has 104 valence electrons. The maximum atomic E-state index is 11.7. The molecule has 1 atom stereocenters. The molecule has 18 heavy (non-hydrogen) atoms. The summed E-state index contributed by atoms with van der Waals surface area (Å²) in [5.41, 5.74) is -0.699. The Morgan fingerprint density at radius 1 is 1.17 bits per heavy atom. The molecule has 2 amide bonds. The zero-order valence-corrected chi connectivity index (χ0v) is 11.4. The summed E-state index contributed by atoms with van der Waals surface area (Å²) in [5, 5.41) is 14.0. The molecule has 0 aliphatic carbocycles. The van der Waals surface area contributed by atoms with Crippen molar-refractivity contribution in [2.24, 2.45) is 11.3 Å². The Kier molecular flexibility index (Phi) is 6.36. The van der Waals surface area contributed by atoms with E-state index < -0.39 is 23.2 Å². The van der Waals surface area contributed by atoms with E-state index in [-0.39, 0.29) is 12.5 Å². The van der Waals surface area contributed by atoms with Gasteiger partial charge in [-0.3, -0.25) is 14.4 Å². The number of rotatable bonds is 6. The highest BCUT2D eigenvalue weighted by Gasteiger charge is 2.37. The molecular weight excluding hydrogens is 236 g/mol. The van der Waals surface area contributed by atoms with E-state index in [0.29, 0.717) is 6.54 Å². The first-order valence-electron chi connectivity index (χ1n) is 5.97. The third-order valence-electron chi connectivity index (χ3n) is 2.37. The van der Waals surface area contributed by atoms with Crippen LogP contribution in [0.25, 0.3) is 0 Å². The highest BCUT2D eigenvalue weighted by atomic mass is 16.4. The molecule has 3 N–H and O–H groups in total. The molecule has 0 radical (unpaired) electrons. The van der Waals surface area contributed by atoms with Crippen molar-refractivity contribution >= 4 is 17.8 Å². The predicted molar refractivity (Wildman–Crippen MR) is 66.9 cm³/mol. The summed E-state index contributed by atoms with van der Waals surface area (Å²) in [6.45, 7) is 7.27. The first-order chi connectivity index (χ1) is 8.20. The highest BCUT2D eigenvalue weighted by Crippen LogP contribution is 2.26. The van der Waals surface area contributed by atoms with Crippen LogP contribution in [-0.2, 0) is 14.4 Å². The van der Waals surface area contributed by atoms with Crippen LogP contribution in [0.2, 0.25) is 0 Å². The molecule has 0 saturated carbocycles. The summed E-state index contributed by atoms with van der Waals surface area (Å²) in [6.07, 6.45) is 0.805. The smallest absolute Gasteiger partial charge is 0.316 e. The van der Waals surface area contributed by atoms with Crippen LogP contribution in [0.3, 0.4) is 0 Å². The van der Waals surface area contributed by atoms with Gasteiger partial charge in [-0.05, 0) is 11.8 Å². The number of amides is 2. The summed E-state index contributed by atoms with van der Waals surface area (Å²) < 4.78 is 0. The van der Waals surface area contributed by atoms with Crippen molar-refractivity contribution in [2.75, 3.05) is 13.1 Å². The van der Waals surface area contributed by atoms with Gasteiger partial charge in [0.1, 0.15) is 5.92 Å². The topological polar surface area (TPSA) is 95.5 Å². The van der Waals surface area contributed by atoms with Gasteiger partial charge in [-0.1, -0.05) is 27.7 Å². The Hall–Kier alpha value is -1.59. The molecular formula is C12H22N2O4. The number of nitrogens with one attached hydrogen (secondary N) is 2. The normalized spacial score (nSPS) is 12.7. The lowest BCUT2D eigenvalue weighted by Crippen LogP contribution is -2.46. The van der Waals surface area contributed by atoms with Crippen LogP contribution >= 0.6 is 0 Å².